The van der Waals surface area contributed by atoms with E-state index in [1.807, 2.05) is 0 Å². The van der Waals surface area contributed by atoms with Crippen LogP contribution in [0.4, 0.5) is 5.69 Å². The van der Waals surface area contributed by atoms with E-state index in [-0.39, 0.29) is 17.8 Å². The number of carbonyl (C=O) groups is 1. The summed E-state index contributed by atoms with van der Waals surface area (Å²) in [5, 5.41) is 8.87. The Morgan fingerprint density at radius 2 is 2.21 bits per heavy atom. The first kappa shape index (κ1) is 10.1. The largest absolute Gasteiger partial charge is 0.478 e. The summed E-state index contributed by atoms with van der Waals surface area (Å²) in [5.74, 6) is 4.17. The van der Waals surface area contributed by atoms with Crippen molar-refractivity contribution in [1.29, 1.82) is 0 Å². The average molecular weight is 190 g/mol. The number of hydrogen-bond donors (Lipinski definition) is 3. The van der Waals surface area contributed by atoms with E-state index in [2.05, 4.69) is 11.8 Å². The number of carboxylic acid groups (broad SMARTS) is 1. The lowest BCUT2D eigenvalue weighted by molar-refractivity contribution is 0.0698. The molecular weight excluding hydrogens is 180 g/mol. The lowest BCUT2D eigenvalue weighted by Crippen LogP contribution is -2.05. The van der Waals surface area contributed by atoms with Crippen molar-refractivity contribution in [3.8, 4) is 11.8 Å². The van der Waals surface area contributed by atoms with Gasteiger partial charge in [-0.2, -0.15) is 0 Å². The first-order chi connectivity index (χ1) is 6.66. The number of anilines is 1. The zero-order valence-electron chi connectivity index (χ0n) is 7.45. The summed E-state index contributed by atoms with van der Waals surface area (Å²) in [6.45, 7) is 0.188. The van der Waals surface area contributed by atoms with Crippen LogP contribution in [0.1, 0.15) is 15.9 Å². The monoisotopic (exact) mass is 190 g/mol. The first-order valence-corrected chi connectivity index (χ1v) is 3.97. The van der Waals surface area contributed by atoms with Gasteiger partial charge in [0.15, 0.2) is 0 Å². The predicted molar refractivity (Wildman–Crippen MR) is 53.7 cm³/mol. The lowest BCUT2D eigenvalue weighted by atomic mass is 10.1. The molecule has 4 nitrogen and oxygen atoms in total. The Kier molecular flexibility index (Phi) is 3.10. The molecule has 0 heterocycles. The molecule has 1 aromatic carbocycles. The van der Waals surface area contributed by atoms with E-state index >= 15 is 0 Å². The number of benzene rings is 1. The van der Waals surface area contributed by atoms with Crippen LogP contribution in [-0.4, -0.2) is 17.6 Å². The quantitative estimate of drug-likeness (QED) is 0.438. The molecule has 0 spiro atoms. The van der Waals surface area contributed by atoms with Crippen molar-refractivity contribution in [1.82, 2.24) is 0 Å². The van der Waals surface area contributed by atoms with Crippen LogP contribution in [0.2, 0.25) is 0 Å². The van der Waals surface area contributed by atoms with Crippen LogP contribution in [0.15, 0.2) is 18.2 Å². The molecule has 0 bridgehead atoms. The molecule has 14 heavy (non-hydrogen) atoms. The molecule has 1 rings (SSSR count). The highest BCUT2D eigenvalue weighted by molar-refractivity contribution is 5.96. The Balaban J connectivity index is 3.28. The SMILES string of the molecule is NCC#Cc1cccc(N)c1C(=O)O. The van der Waals surface area contributed by atoms with E-state index < -0.39 is 5.97 Å². The fourth-order valence-corrected chi connectivity index (χ4v) is 1.06. The van der Waals surface area contributed by atoms with Crippen molar-refractivity contribution < 1.29 is 9.90 Å². The van der Waals surface area contributed by atoms with Gasteiger partial charge in [0.1, 0.15) is 0 Å². The molecule has 4 heteroatoms. The maximum Gasteiger partial charge on any atom is 0.339 e. The van der Waals surface area contributed by atoms with E-state index in [1.165, 1.54) is 6.07 Å². The fraction of sp³-hybridized carbons (Fsp3) is 0.100. The van der Waals surface area contributed by atoms with Gasteiger partial charge in [-0.1, -0.05) is 17.9 Å². The second-order valence-corrected chi connectivity index (χ2v) is 2.58. The molecule has 0 radical (unpaired) electrons. The van der Waals surface area contributed by atoms with Gasteiger partial charge in [-0.05, 0) is 12.1 Å². The fourth-order valence-electron chi connectivity index (χ4n) is 1.06. The van der Waals surface area contributed by atoms with Crippen LogP contribution < -0.4 is 11.5 Å². The molecule has 0 atom stereocenters. The average Bonchev–Trinajstić information content (AvgIpc) is 2.14. The molecule has 0 amide bonds. The lowest BCUT2D eigenvalue weighted by Gasteiger charge is -2.02. The molecule has 0 aliphatic heterocycles. The highest BCUT2D eigenvalue weighted by Gasteiger charge is 2.11. The Morgan fingerprint density at radius 1 is 1.50 bits per heavy atom. The second kappa shape index (κ2) is 4.30. The third-order valence-electron chi connectivity index (χ3n) is 1.64. The molecule has 0 fully saturated rings. The van der Waals surface area contributed by atoms with Crippen LogP contribution in [0.25, 0.3) is 0 Å². The van der Waals surface area contributed by atoms with Crippen molar-refractivity contribution in [2.24, 2.45) is 5.73 Å². The van der Waals surface area contributed by atoms with Crippen LogP contribution >= 0.6 is 0 Å². The minimum atomic E-state index is -1.08. The van der Waals surface area contributed by atoms with Crippen molar-refractivity contribution in [2.75, 3.05) is 12.3 Å². The molecule has 0 aromatic heterocycles. The topological polar surface area (TPSA) is 89.3 Å². The summed E-state index contributed by atoms with van der Waals surface area (Å²) in [7, 11) is 0. The number of rotatable bonds is 1. The maximum absolute atomic E-state index is 10.8. The molecule has 5 N–H and O–H groups in total. The molecule has 1 aromatic rings. The number of hydrogen-bond acceptors (Lipinski definition) is 3. The van der Waals surface area contributed by atoms with E-state index in [0.29, 0.717) is 5.56 Å². The summed E-state index contributed by atoms with van der Waals surface area (Å²) in [5.41, 5.74) is 11.3. The van der Waals surface area contributed by atoms with E-state index in [1.54, 1.807) is 12.1 Å². The van der Waals surface area contributed by atoms with Gasteiger partial charge in [0.05, 0.1) is 12.1 Å². The highest BCUT2D eigenvalue weighted by Crippen LogP contribution is 2.15. The molecule has 0 aliphatic carbocycles. The molecule has 0 saturated carbocycles. The summed E-state index contributed by atoms with van der Waals surface area (Å²) in [6.07, 6.45) is 0. The van der Waals surface area contributed by atoms with Gasteiger partial charge in [0.2, 0.25) is 0 Å². The zero-order chi connectivity index (χ0) is 10.6. The van der Waals surface area contributed by atoms with E-state index in [9.17, 15) is 4.79 Å². The van der Waals surface area contributed by atoms with Crippen molar-refractivity contribution >= 4 is 11.7 Å². The number of aromatic carboxylic acids is 1. The van der Waals surface area contributed by atoms with Crippen LogP contribution in [0.3, 0.4) is 0 Å². The smallest absolute Gasteiger partial charge is 0.339 e. The van der Waals surface area contributed by atoms with Crippen molar-refractivity contribution in [3.05, 3.63) is 29.3 Å². The van der Waals surface area contributed by atoms with Gasteiger partial charge in [-0.3, -0.25) is 0 Å². The predicted octanol–water partition coefficient (Wildman–Crippen LogP) is 0.277. The maximum atomic E-state index is 10.8. The summed E-state index contributed by atoms with van der Waals surface area (Å²) in [6, 6.07) is 4.78. The molecule has 72 valence electrons. The third kappa shape index (κ3) is 2.03. The van der Waals surface area contributed by atoms with E-state index in [4.69, 9.17) is 16.6 Å². The van der Waals surface area contributed by atoms with Gasteiger partial charge in [0.25, 0.3) is 0 Å². The summed E-state index contributed by atoms with van der Waals surface area (Å²) < 4.78 is 0. The minimum Gasteiger partial charge on any atom is -0.478 e. The first-order valence-electron chi connectivity index (χ1n) is 3.97. The normalized spacial score (nSPS) is 8.93. The number of carboxylic acids is 1. The Hall–Kier alpha value is -1.99. The zero-order valence-corrected chi connectivity index (χ0v) is 7.45. The highest BCUT2D eigenvalue weighted by atomic mass is 16.4. The molecule has 0 saturated heterocycles. The van der Waals surface area contributed by atoms with Gasteiger partial charge in [-0.15, -0.1) is 0 Å². The summed E-state index contributed by atoms with van der Waals surface area (Å²) >= 11 is 0. The van der Waals surface area contributed by atoms with Crippen molar-refractivity contribution in [2.45, 2.75) is 0 Å². The Labute approximate surface area is 81.5 Å². The van der Waals surface area contributed by atoms with Gasteiger partial charge in [-0.25, -0.2) is 4.79 Å². The van der Waals surface area contributed by atoms with Crippen LogP contribution in [0.5, 0.6) is 0 Å². The number of nitrogens with two attached hydrogens (primary N) is 2. The minimum absolute atomic E-state index is 0.0356. The van der Waals surface area contributed by atoms with Crippen molar-refractivity contribution in [3.63, 3.8) is 0 Å². The second-order valence-electron chi connectivity index (χ2n) is 2.58. The molecular formula is C10H10N2O2. The Bertz CT molecular complexity index is 416. The van der Waals surface area contributed by atoms with Crippen LogP contribution in [0, 0.1) is 11.8 Å². The van der Waals surface area contributed by atoms with Gasteiger partial charge < -0.3 is 16.6 Å². The Morgan fingerprint density at radius 3 is 2.79 bits per heavy atom. The van der Waals surface area contributed by atoms with Gasteiger partial charge >= 0.3 is 5.97 Å². The standard InChI is InChI=1S/C10H10N2O2/c11-6-2-4-7-3-1-5-8(12)9(7)10(13)14/h1,3,5H,6,11-12H2,(H,13,14). The summed E-state index contributed by atoms with van der Waals surface area (Å²) in [4.78, 5) is 10.8. The number of nitrogen functional groups attached to an aromatic ring is 1. The molecule has 0 aliphatic rings. The third-order valence-corrected chi connectivity index (χ3v) is 1.64. The van der Waals surface area contributed by atoms with E-state index in [0.717, 1.165) is 0 Å². The van der Waals surface area contributed by atoms with Gasteiger partial charge in [0, 0.05) is 11.3 Å². The van der Waals surface area contributed by atoms with Crippen LogP contribution in [-0.2, 0) is 0 Å². The molecule has 0 unspecified atom stereocenters.